The highest BCUT2D eigenvalue weighted by molar-refractivity contribution is 8.04. The van der Waals surface area contributed by atoms with Gasteiger partial charge in [-0.3, -0.25) is 4.79 Å². The fourth-order valence-corrected chi connectivity index (χ4v) is 10.1. The molecule has 2 aromatic carbocycles. The minimum absolute atomic E-state index is 0.0716. The largest absolute Gasteiger partial charge is 0.543 e. The van der Waals surface area contributed by atoms with Gasteiger partial charge in [0.1, 0.15) is 58.2 Å². The standard InChI is InChI=1S/C33H39N4O5S2/c1-21-28-27(22(2)38)31(39)35(28)29(32(40)41)30(21)44-33-34-25-20-23(8-9-26(25)43-33)10-11-36-12-15-37(16-13-36,17-14-36)18-19-42-24-6-4-3-5-7-24/h3-9,20-22,27-28,38H,10-19H2,1-2H3/q+1. The van der Waals surface area contributed by atoms with Crippen LogP contribution in [0.5, 0.6) is 5.75 Å². The normalized spacial score (nSPS) is 30.0. The highest BCUT2D eigenvalue weighted by Crippen LogP contribution is 2.52. The fraction of sp³-hybridized carbons (Fsp3) is 0.485. The van der Waals surface area contributed by atoms with E-state index in [9.17, 15) is 19.8 Å². The molecular weight excluding hydrogens is 597 g/mol. The van der Waals surface area contributed by atoms with Crippen LogP contribution in [0, 0.1) is 11.8 Å². The third-order valence-electron chi connectivity index (χ3n) is 10.5. The van der Waals surface area contributed by atoms with Crippen molar-refractivity contribution in [2.24, 2.45) is 11.8 Å². The van der Waals surface area contributed by atoms with Crippen LogP contribution in [0.3, 0.4) is 0 Å². The van der Waals surface area contributed by atoms with Gasteiger partial charge >= 0.3 is 0 Å². The maximum absolute atomic E-state index is 12.7. The molecular formula is C33H39N4O5S2+. The summed E-state index contributed by atoms with van der Waals surface area (Å²) in [5.74, 6) is -1.57. The van der Waals surface area contributed by atoms with Crippen molar-refractivity contribution in [3.05, 3.63) is 64.7 Å². The molecule has 0 saturated carbocycles. The van der Waals surface area contributed by atoms with Gasteiger partial charge in [0.25, 0.3) is 0 Å². The summed E-state index contributed by atoms with van der Waals surface area (Å²) in [4.78, 5) is 31.5. The Morgan fingerprint density at radius 2 is 1.80 bits per heavy atom. The maximum atomic E-state index is 12.7. The zero-order valence-corrected chi connectivity index (χ0v) is 26.8. The monoisotopic (exact) mass is 635 g/mol. The Morgan fingerprint density at radius 1 is 1.11 bits per heavy atom. The smallest absolute Gasteiger partial charge is 0.235 e. The number of carbonyl (C=O) groups excluding carboxylic acids is 2. The second kappa shape index (κ2) is 11.4. The lowest BCUT2D eigenvalue weighted by Crippen LogP contribution is -2.75. The van der Waals surface area contributed by atoms with Crippen molar-refractivity contribution in [2.75, 3.05) is 59.0 Å². The van der Waals surface area contributed by atoms with Gasteiger partial charge in [0.2, 0.25) is 5.91 Å². The predicted octanol–water partition coefficient (Wildman–Crippen LogP) is 2.49. The average Bonchev–Trinajstić information content (AvgIpc) is 3.53. The molecule has 3 aromatic rings. The van der Waals surface area contributed by atoms with Crippen LogP contribution in [-0.4, -0.2) is 107 Å². The Kier molecular flexibility index (Phi) is 7.73. The van der Waals surface area contributed by atoms with E-state index in [4.69, 9.17) is 9.72 Å². The molecule has 0 aliphatic carbocycles. The van der Waals surface area contributed by atoms with Crippen LogP contribution in [0.25, 0.3) is 10.2 Å². The van der Waals surface area contributed by atoms with Crippen molar-refractivity contribution in [3.8, 4) is 5.75 Å². The third-order valence-corrected chi connectivity index (χ3v) is 12.9. The number of rotatable bonds is 11. The zero-order chi connectivity index (χ0) is 30.6. The molecule has 4 unspecified atom stereocenters. The Morgan fingerprint density at radius 3 is 2.45 bits per heavy atom. The number of quaternary nitrogens is 2. The van der Waals surface area contributed by atoms with E-state index in [1.54, 1.807) is 6.92 Å². The summed E-state index contributed by atoms with van der Waals surface area (Å²) in [5.41, 5.74) is 2.12. The maximum Gasteiger partial charge on any atom is 0.235 e. The van der Waals surface area contributed by atoms with Gasteiger partial charge in [0.15, 0.2) is 4.34 Å². The van der Waals surface area contributed by atoms with E-state index < -0.39 is 18.0 Å². The minimum atomic E-state index is -1.36. The fourth-order valence-electron chi connectivity index (χ4n) is 7.75. The van der Waals surface area contributed by atoms with Gasteiger partial charge in [-0.05, 0) is 36.8 Å². The molecule has 5 aliphatic rings. The van der Waals surface area contributed by atoms with E-state index in [0.717, 1.165) is 46.4 Å². The van der Waals surface area contributed by atoms with Gasteiger partial charge in [-0.2, -0.15) is 0 Å². The number of piperazine rings is 3. The summed E-state index contributed by atoms with van der Waals surface area (Å²) in [6.07, 6.45) is 0.171. The lowest BCUT2D eigenvalue weighted by Gasteiger charge is -2.55. The van der Waals surface area contributed by atoms with Gasteiger partial charge in [-0.1, -0.05) is 43.0 Å². The van der Waals surface area contributed by atoms with Crippen molar-refractivity contribution in [3.63, 3.8) is 0 Å². The van der Waals surface area contributed by atoms with E-state index in [2.05, 4.69) is 18.2 Å². The van der Waals surface area contributed by atoms with E-state index in [0.29, 0.717) is 4.91 Å². The van der Waals surface area contributed by atoms with Gasteiger partial charge < -0.3 is 33.6 Å². The second-order valence-corrected chi connectivity index (χ2v) is 15.3. The van der Waals surface area contributed by atoms with Gasteiger partial charge in [-0.15, -0.1) is 11.3 Å². The third kappa shape index (κ3) is 5.22. The number of aliphatic carboxylic acids is 1. The van der Waals surface area contributed by atoms with Crippen LogP contribution in [0.4, 0.5) is 0 Å². The van der Waals surface area contributed by atoms with E-state index in [1.807, 2.05) is 37.3 Å². The number of β-lactam (4-membered cyclic amide) rings is 1. The van der Waals surface area contributed by atoms with Crippen LogP contribution in [0.1, 0.15) is 19.4 Å². The summed E-state index contributed by atoms with van der Waals surface area (Å²) in [5, 5.41) is 22.2. The molecule has 1 aromatic heterocycles. The van der Waals surface area contributed by atoms with Crippen LogP contribution in [0.2, 0.25) is 0 Å². The molecule has 0 spiro atoms. The molecule has 4 saturated heterocycles. The lowest BCUT2D eigenvalue weighted by atomic mass is 9.79. The first-order valence-electron chi connectivity index (χ1n) is 15.6. The number of amides is 1. The Hall–Kier alpha value is -2.96. The first kappa shape index (κ1) is 29.7. The molecule has 11 heteroatoms. The molecule has 9 nitrogen and oxygen atoms in total. The molecule has 2 bridgehead atoms. The number of thiazole rings is 1. The molecule has 232 valence electrons. The molecule has 1 N–H and O–H groups in total. The van der Waals surface area contributed by atoms with E-state index in [1.165, 1.54) is 81.8 Å². The lowest BCUT2D eigenvalue weighted by molar-refractivity contribution is -1.08. The first-order chi connectivity index (χ1) is 21.2. The number of ether oxygens (including phenoxy) is 1. The van der Waals surface area contributed by atoms with Crippen molar-refractivity contribution >= 4 is 45.2 Å². The predicted molar refractivity (Wildman–Crippen MR) is 168 cm³/mol. The number of carboxylic acid groups (broad SMARTS) is 1. The summed E-state index contributed by atoms with van der Waals surface area (Å²) in [7, 11) is 0. The number of fused-ring (bicyclic) bond motifs is 5. The molecule has 44 heavy (non-hydrogen) atoms. The number of hydrogen-bond donors (Lipinski definition) is 1. The van der Waals surface area contributed by atoms with Crippen LogP contribution < -0.4 is 9.84 Å². The first-order valence-corrected chi connectivity index (χ1v) is 17.2. The Labute approximate surface area is 265 Å². The average molecular weight is 636 g/mol. The van der Waals surface area contributed by atoms with Gasteiger partial charge in [0, 0.05) is 17.2 Å². The van der Waals surface area contributed by atoms with Crippen molar-refractivity contribution < 1.29 is 33.5 Å². The number of hydrogen-bond acceptors (Lipinski definition) is 8. The zero-order valence-electron chi connectivity index (χ0n) is 25.2. The molecule has 6 heterocycles. The number of carboxylic acids is 1. The van der Waals surface area contributed by atoms with E-state index in [-0.39, 0.29) is 23.6 Å². The van der Waals surface area contributed by atoms with Gasteiger partial charge in [0.05, 0.1) is 46.5 Å². The van der Waals surface area contributed by atoms with E-state index >= 15 is 0 Å². The Balaban J connectivity index is 0.977. The van der Waals surface area contributed by atoms with Crippen LogP contribution in [-0.2, 0) is 16.0 Å². The summed E-state index contributed by atoms with van der Waals surface area (Å²) in [6.45, 7) is 13.8. The van der Waals surface area contributed by atoms with Crippen molar-refractivity contribution in [2.45, 2.75) is 36.8 Å². The molecule has 0 radical (unpaired) electrons. The van der Waals surface area contributed by atoms with Crippen molar-refractivity contribution in [1.29, 1.82) is 0 Å². The highest BCUT2D eigenvalue weighted by atomic mass is 32.2. The molecule has 1 amide bonds. The number of carbonyl (C=O) groups is 2. The van der Waals surface area contributed by atoms with Crippen molar-refractivity contribution in [1.82, 2.24) is 9.88 Å². The number of nitrogens with zero attached hydrogens (tertiary/aromatic N) is 4. The van der Waals surface area contributed by atoms with Gasteiger partial charge in [-0.25, -0.2) is 4.98 Å². The highest BCUT2D eigenvalue weighted by Gasteiger charge is 2.59. The van der Waals surface area contributed by atoms with Crippen LogP contribution in [0.15, 0.2) is 63.5 Å². The molecule has 4 atom stereocenters. The SMILES string of the molecule is CC(O)C1C(=O)N2C(C(=O)[O-])=C(Sc3nc4cc(CC[N+]56CC[N+](CCOc7ccccc7)(CC5)CC6)ccc4s3)C(C)C12. The number of para-hydroxylation sites is 1. The number of aliphatic hydroxyl groups excluding tert-OH is 1. The number of aliphatic hydroxyl groups is 1. The number of aromatic nitrogens is 1. The Bertz CT molecular complexity index is 1600. The number of benzene rings is 2. The molecule has 4 fully saturated rings. The topological polar surface area (TPSA) is 103 Å². The number of thioether (sulfide) groups is 1. The summed E-state index contributed by atoms with van der Waals surface area (Å²) < 4.78 is 10.2. The second-order valence-electron chi connectivity index (χ2n) is 13.0. The van der Waals surface area contributed by atoms with Crippen LogP contribution >= 0.6 is 23.1 Å². The quantitative estimate of drug-likeness (QED) is 0.255. The summed E-state index contributed by atoms with van der Waals surface area (Å²) >= 11 is 2.85. The molecule has 5 aliphatic heterocycles. The molecule has 8 rings (SSSR count). The minimum Gasteiger partial charge on any atom is -0.543 e. The summed E-state index contributed by atoms with van der Waals surface area (Å²) in [6, 6.07) is 16.2.